The van der Waals surface area contributed by atoms with E-state index in [-0.39, 0.29) is 17.9 Å². The van der Waals surface area contributed by atoms with Crippen LogP contribution in [-0.2, 0) is 16.1 Å². The molecule has 1 unspecified atom stereocenters. The Morgan fingerprint density at radius 1 is 0.795 bits per heavy atom. The average Bonchev–Trinajstić information content (AvgIpc) is 3.22. The van der Waals surface area contributed by atoms with Crippen LogP contribution in [0.5, 0.6) is 17.2 Å². The molecule has 0 aliphatic carbocycles. The first-order valence-electron chi connectivity index (χ1n) is 12.9. The zero-order valence-corrected chi connectivity index (χ0v) is 21.6. The largest absolute Gasteiger partial charge is 0.507 e. The van der Waals surface area contributed by atoms with Gasteiger partial charge in [-0.2, -0.15) is 0 Å². The highest BCUT2D eigenvalue weighted by Crippen LogP contribution is 2.41. The van der Waals surface area contributed by atoms with Crippen molar-refractivity contribution in [2.45, 2.75) is 25.9 Å². The molecule has 1 atom stereocenters. The summed E-state index contributed by atoms with van der Waals surface area (Å²) in [4.78, 5) is 28.3. The molecule has 4 aromatic rings. The Bertz CT molecular complexity index is 1480. The third-order valence-electron chi connectivity index (χ3n) is 6.49. The molecule has 1 N–H and O–H groups in total. The third-order valence-corrected chi connectivity index (χ3v) is 6.49. The molecule has 0 bridgehead atoms. The van der Waals surface area contributed by atoms with E-state index in [1.54, 1.807) is 30.3 Å². The van der Waals surface area contributed by atoms with Gasteiger partial charge in [0.25, 0.3) is 11.7 Å². The number of hydrogen-bond donors (Lipinski definition) is 1. The quantitative estimate of drug-likeness (QED) is 0.148. The molecule has 39 heavy (non-hydrogen) atoms. The van der Waals surface area contributed by atoms with Crippen LogP contribution in [0, 0.1) is 0 Å². The monoisotopic (exact) mass is 519 g/mol. The van der Waals surface area contributed by atoms with Gasteiger partial charge in [0.2, 0.25) is 0 Å². The number of nitrogens with zero attached hydrogens (tertiary/aromatic N) is 1. The van der Waals surface area contributed by atoms with E-state index < -0.39 is 17.7 Å². The Morgan fingerprint density at radius 2 is 1.46 bits per heavy atom. The minimum Gasteiger partial charge on any atom is -0.507 e. The van der Waals surface area contributed by atoms with Gasteiger partial charge in [-0.1, -0.05) is 67.6 Å². The number of carbonyl (C=O) groups excluding carboxylic acids is 2. The van der Waals surface area contributed by atoms with Crippen LogP contribution >= 0.6 is 0 Å². The molecule has 0 radical (unpaired) electrons. The van der Waals surface area contributed by atoms with Crippen LogP contribution in [0.4, 0.5) is 0 Å². The number of rotatable bonds is 9. The summed E-state index contributed by atoms with van der Waals surface area (Å²) in [6.45, 7) is 2.81. The maximum atomic E-state index is 13.4. The Kier molecular flexibility index (Phi) is 7.73. The molecular weight excluding hydrogens is 490 g/mol. The van der Waals surface area contributed by atoms with Crippen molar-refractivity contribution in [3.63, 3.8) is 0 Å². The van der Waals surface area contributed by atoms with E-state index >= 15 is 0 Å². The topological polar surface area (TPSA) is 76.1 Å². The summed E-state index contributed by atoms with van der Waals surface area (Å²) in [5.41, 5.74) is 2.00. The molecule has 1 amide bonds. The predicted molar refractivity (Wildman–Crippen MR) is 149 cm³/mol. The summed E-state index contributed by atoms with van der Waals surface area (Å²) in [6, 6.07) is 32.2. The van der Waals surface area contributed by atoms with Crippen molar-refractivity contribution >= 4 is 17.4 Å². The lowest BCUT2D eigenvalue weighted by molar-refractivity contribution is -0.140. The van der Waals surface area contributed by atoms with Gasteiger partial charge in [-0.3, -0.25) is 9.59 Å². The zero-order chi connectivity index (χ0) is 27.2. The van der Waals surface area contributed by atoms with E-state index in [4.69, 9.17) is 9.47 Å². The van der Waals surface area contributed by atoms with Gasteiger partial charge < -0.3 is 19.5 Å². The Hall–Kier alpha value is -4.84. The molecular formula is C33H29NO5. The molecule has 0 saturated carbocycles. The highest BCUT2D eigenvalue weighted by atomic mass is 16.5. The van der Waals surface area contributed by atoms with Crippen molar-refractivity contribution in [1.29, 1.82) is 0 Å². The first kappa shape index (κ1) is 25.8. The third kappa shape index (κ3) is 5.70. The second-order valence-electron chi connectivity index (χ2n) is 9.27. The molecule has 196 valence electrons. The lowest BCUT2D eigenvalue weighted by atomic mass is 9.95. The smallest absolute Gasteiger partial charge is 0.295 e. The fraction of sp³-hybridized carbons (Fsp3) is 0.152. The number of benzene rings is 4. The van der Waals surface area contributed by atoms with Gasteiger partial charge in [-0.15, -0.1) is 0 Å². The fourth-order valence-electron chi connectivity index (χ4n) is 4.63. The predicted octanol–water partition coefficient (Wildman–Crippen LogP) is 6.89. The maximum absolute atomic E-state index is 13.4. The molecule has 1 fully saturated rings. The molecule has 1 aliphatic heterocycles. The van der Waals surface area contributed by atoms with Crippen LogP contribution in [0.25, 0.3) is 5.76 Å². The van der Waals surface area contributed by atoms with Crippen LogP contribution in [0.15, 0.2) is 115 Å². The highest BCUT2D eigenvalue weighted by Gasteiger charge is 2.46. The van der Waals surface area contributed by atoms with E-state index in [1.165, 1.54) is 4.90 Å². The summed E-state index contributed by atoms with van der Waals surface area (Å²) < 4.78 is 11.7. The number of Topliss-reactive ketones (excluding diaryl/α,β-unsaturated/α-hetero) is 1. The van der Waals surface area contributed by atoms with Crippen LogP contribution in [0.2, 0.25) is 0 Å². The molecule has 6 heteroatoms. The van der Waals surface area contributed by atoms with E-state index in [9.17, 15) is 14.7 Å². The normalized spacial score (nSPS) is 16.3. The minimum atomic E-state index is -0.805. The highest BCUT2D eigenvalue weighted by molar-refractivity contribution is 6.46. The van der Waals surface area contributed by atoms with Crippen molar-refractivity contribution in [1.82, 2.24) is 4.90 Å². The lowest BCUT2D eigenvalue weighted by Crippen LogP contribution is -2.29. The number of para-hydroxylation sites is 1. The van der Waals surface area contributed by atoms with E-state index in [0.29, 0.717) is 35.0 Å². The van der Waals surface area contributed by atoms with Gasteiger partial charge in [-0.25, -0.2) is 0 Å². The summed E-state index contributed by atoms with van der Waals surface area (Å²) >= 11 is 0. The lowest BCUT2D eigenvalue weighted by Gasteiger charge is -2.26. The Morgan fingerprint density at radius 3 is 2.15 bits per heavy atom. The number of ketones is 1. The standard InChI is InChI=1S/C33H29NO5/c1-2-20-38-26-18-16-24(17-19-26)31(35)29-30(34(33(37)32(29)36)22-23-10-5-3-6-11-23)25-12-9-15-28(21-25)39-27-13-7-4-8-14-27/h3-19,21,30,35H,2,20,22H2,1H3/b31-29+. The molecule has 1 aliphatic rings. The maximum Gasteiger partial charge on any atom is 0.295 e. The van der Waals surface area contributed by atoms with Crippen molar-refractivity contribution in [3.05, 3.63) is 131 Å². The van der Waals surface area contributed by atoms with Gasteiger partial charge in [0.1, 0.15) is 23.0 Å². The van der Waals surface area contributed by atoms with Crippen LogP contribution in [-0.4, -0.2) is 28.3 Å². The Balaban J connectivity index is 1.57. The SMILES string of the molecule is CCCOc1ccc(/C(O)=C2\C(=O)C(=O)N(Cc3ccccc3)C2c2cccc(Oc3ccccc3)c2)cc1. The number of carbonyl (C=O) groups is 2. The molecule has 0 aromatic heterocycles. The molecule has 4 aromatic carbocycles. The van der Waals surface area contributed by atoms with Crippen molar-refractivity contribution in [2.75, 3.05) is 6.61 Å². The number of amides is 1. The first-order valence-corrected chi connectivity index (χ1v) is 12.9. The van der Waals surface area contributed by atoms with Crippen molar-refractivity contribution < 1.29 is 24.2 Å². The van der Waals surface area contributed by atoms with Crippen LogP contribution in [0.3, 0.4) is 0 Å². The fourth-order valence-corrected chi connectivity index (χ4v) is 4.63. The molecule has 6 nitrogen and oxygen atoms in total. The van der Waals surface area contributed by atoms with Crippen molar-refractivity contribution in [3.8, 4) is 17.2 Å². The number of aliphatic hydroxyl groups is 1. The molecule has 5 rings (SSSR count). The van der Waals surface area contributed by atoms with Gasteiger partial charge in [-0.05, 0) is 66.1 Å². The molecule has 1 heterocycles. The molecule has 1 saturated heterocycles. The number of aliphatic hydroxyl groups excluding tert-OH is 1. The Labute approximate surface area is 227 Å². The van der Waals surface area contributed by atoms with Crippen molar-refractivity contribution in [2.24, 2.45) is 0 Å². The van der Waals surface area contributed by atoms with Gasteiger partial charge in [0, 0.05) is 12.1 Å². The average molecular weight is 520 g/mol. The second kappa shape index (κ2) is 11.7. The number of hydrogen-bond acceptors (Lipinski definition) is 5. The van der Waals surface area contributed by atoms with E-state index in [1.807, 2.05) is 85.8 Å². The summed E-state index contributed by atoms with van der Waals surface area (Å²) in [7, 11) is 0. The second-order valence-corrected chi connectivity index (χ2v) is 9.27. The van der Waals surface area contributed by atoms with Gasteiger partial charge >= 0.3 is 0 Å². The zero-order valence-electron chi connectivity index (χ0n) is 21.6. The van der Waals surface area contributed by atoms with Crippen LogP contribution in [0.1, 0.15) is 36.1 Å². The van der Waals surface area contributed by atoms with E-state index in [2.05, 4.69) is 0 Å². The number of ether oxygens (including phenoxy) is 2. The summed E-state index contributed by atoms with van der Waals surface area (Å²) in [5.74, 6) is 0.266. The molecule has 0 spiro atoms. The summed E-state index contributed by atoms with van der Waals surface area (Å²) in [5, 5.41) is 11.4. The van der Waals surface area contributed by atoms with Crippen LogP contribution < -0.4 is 9.47 Å². The number of likely N-dealkylation sites (tertiary alicyclic amines) is 1. The minimum absolute atomic E-state index is 0.0371. The first-order chi connectivity index (χ1) is 19.0. The van der Waals surface area contributed by atoms with E-state index in [0.717, 1.165) is 12.0 Å². The summed E-state index contributed by atoms with van der Waals surface area (Å²) in [6.07, 6.45) is 0.875. The van der Waals surface area contributed by atoms with Gasteiger partial charge in [0.05, 0.1) is 18.2 Å². The van der Waals surface area contributed by atoms with Gasteiger partial charge in [0.15, 0.2) is 0 Å².